The Morgan fingerprint density at radius 1 is 1.00 bits per heavy atom. The standard InChI is InChI=1S/C23H23N5O/c24-18-5-1-3-16(13-18)20-6-2-4-17-14-21(27-23(17)20)26-19-7-8-22(25-15-19)28-9-11-29-12-10-28/h1-8,13-15,26-27H,9-12,24H2. The third-order valence-electron chi connectivity index (χ3n) is 5.22. The number of nitrogen functional groups attached to an aromatic ring is 1. The number of rotatable bonds is 4. The second-order valence-electron chi connectivity index (χ2n) is 7.21. The van der Waals surface area contributed by atoms with E-state index in [1.54, 1.807) is 0 Å². The van der Waals surface area contributed by atoms with Crippen molar-refractivity contribution in [3.05, 3.63) is 66.9 Å². The molecule has 1 aliphatic rings. The smallest absolute Gasteiger partial charge is 0.128 e. The summed E-state index contributed by atoms with van der Waals surface area (Å²) in [6.45, 7) is 3.28. The Morgan fingerprint density at radius 2 is 1.86 bits per heavy atom. The van der Waals surface area contributed by atoms with Gasteiger partial charge >= 0.3 is 0 Å². The first kappa shape index (κ1) is 17.6. The summed E-state index contributed by atoms with van der Waals surface area (Å²) in [4.78, 5) is 10.4. The number of para-hydroxylation sites is 1. The number of nitrogens with one attached hydrogen (secondary N) is 2. The monoisotopic (exact) mass is 385 g/mol. The van der Waals surface area contributed by atoms with Gasteiger partial charge in [-0.3, -0.25) is 0 Å². The van der Waals surface area contributed by atoms with E-state index < -0.39 is 0 Å². The fourth-order valence-corrected chi connectivity index (χ4v) is 3.77. The van der Waals surface area contributed by atoms with E-state index in [2.05, 4.69) is 62.6 Å². The lowest BCUT2D eigenvalue weighted by Gasteiger charge is -2.27. The first-order valence-corrected chi connectivity index (χ1v) is 9.80. The highest BCUT2D eigenvalue weighted by Gasteiger charge is 2.12. The lowest BCUT2D eigenvalue weighted by molar-refractivity contribution is 0.122. The van der Waals surface area contributed by atoms with Crippen LogP contribution in [0.25, 0.3) is 22.0 Å². The van der Waals surface area contributed by atoms with Gasteiger partial charge in [-0.1, -0.05) is 30.3 Å². The van der Waals surface area contributed by atoms with E-state index in [-0.39, 0.29) is 0 Å². The highest BCUT2D eigenvalue weighted by atomic mass is 16.5. The first-order chi connectivity index (χ1) is 14.3. The summed E-state index contributed by atoms with van der Waals surface area (Å²) in [5.74, 6) is 1.91. The predicted octanol–water partition coefficient (Wildman–Crippen LogP) is 4.39. The molecule has 1 fully saturated rings. The van der Waals surface area contributed by atoms with Crippen molar-refractivity contribution in [2.75, 3.05) is 42.3 Å². The van der Waals surface area contributed by atoms with Crippen molar-refractivity contribution < 1.29 is 4.74 Å². The molecule has 146 valence electrons. The summed E-state index contributed by atoms with van der Waals surface area (Å²) in [7, 11) is 0. The molecule has 1 saturated heterocycles. The average Bonchev–Trinajstić information content (AvgIpc) is 3.17. The quantitative estimate of drug-likeness (QED) is 0.454. The number of ether oxygens (including phenoxy) is 1. The zero-order valence-corrected chi connectivity index (χ0v) is 16.1. The van der Waals surface area contributed by atoms with Gasteiger partial charge < -0.3 is 25.7 Å². The number of fused-ring (bicyclic) bond motifs is 1. The molecule has 1 aliphatic heterocycles. The summed E-state index contributed by atoms with van der Waals surface area (Å²) in [6.07, 6.45) is 1.87. The predicted molar refractivity (Wildman–Crippen MR) is 119 cm³/mol. The van der Waals surface area contributed by atoms with Gasteiger partial charge in [-0.15, -0.1) is 0 Å². The summed E-state index contributed by atoms with van der Waals surface area (Å²) in [5, 5.41) is 4.57. The maximum atomic E-state index is 5.97. The number of morpholine rings is 1. The minimum Gasteiger partial charge on any atom is -0.399 e. The Balaban J connectivity index is 1.40. The number of hydrogen-bond acceptors (Lipinski definition) is 5. The number of hydrogen-bond donors (Lipinski definition) is 3. The van der Waals surface area contributed by atoms with Crippen LogP contribution >= 0.6 is 0 Å². The van der Waals surface area contributed by atoms with Crippen LogP contribution in [0.4, 0.5) is 23.0 Å². The Morgan fingerprint density at radius 3 is 2.66 bits per heavy atom. The van der Waals surface area contributed by atoms with Gasteiger partial charge in [0.25, 0.3) is 0 Å². The Labute approximate surface area is 169 Å². The highest BCUT2D eigenvalue weighted by molar-refractivity contribution is 5.97. The highest BCUT2D eigenvalue weighted by Crippen LogP contribution is 2.31. The summed E-state index contributed by atoms with van der Waals surface area (Å²) < 4.78 is 5.41. The molecule has 0 bridgehead atoms. The zero-order chi connectivity index (χ0) is 19.6. The average molecular weight is 385 g/mol. The van der Waals surface area contributed by atoms with Crippen molar-refractivity contribution in [1.29, 1.82) is 0 Å². The molecule has 0 radical (unpaired) electrons. The minimum absolute atomic E-state index is 0.756. The molecular weight excluding hydrogens is 362 g/mol. The number of anilines is 4. The van der Waals surface area contributed by atoms with E-state index in [1.807, 2.05) is 24.4 Å². The molecule has 2 aromatic heterocycles. The van der Waals surface area contributed by atoms with E-state index in [9.17, 15) is 0 Å². The molecule has 6 heteroatoms. The van der Waals surface area contributed by atoms with E-state index in [1.165, 1.54) is 0 Å². The largest absolute Gasteiger partial charge is 0.399 e. The third-order valence-corrected chi connectivity index (χ3v) is 5.22. The van der Waals surface area contributed by atoms with Crippen molar-refractivity contribution in [3.8, 4) is 11.1 Å². The number of H-pyrrole nitrogens is 1. The van der Waals surface area contributed by atoms with Gasteiger partial charge in [-0.2, -0.15) is 0 Å². The van der Waals surface area contributed by atoms with Crippen molar-refractivity contribution in [2.24, 2.45) is 0 Å². The molecule has 0 unspecified atom stereocenters. The molecule has 0 aliphatic carbocycles. The van der Waals surface area contributed by atoms with Crippen molar-refractivity contribution in [1.82, 2.24) is 9.97 Å². The van der Waals surface area contributed by atoms with E-state index in [0.717, 1.165) is 71.3 Å². The number of aromatic amines is 1. The van der Waals surface area contributed by atoms with Crippen LogP contribution in [0.15, 0.2) is 66.9 Å². The Hall–Kier alpha value is -3.51. The summed E-state index contributed by atoms with van der Waals surface area (Å²) in [5.41, 5.74) is 11.0. The molecule has 0 spiro atoms. The SMILES string of the molecule is Nc1cccc(-c2cccc3cc(Nc4ccc(N5CCOCC5)nc4)[nH]c23)c1. The van der Waals surface area contributed by atoms with Gasteiger partial charge in [0.15, 0.2) is 0 Å². The molecule has 6 nitrogen and oxygen atoms in total. The molecule has 2 aromatic carbocycles. The lowest BCUT2D eigenvalue weighted by atomic mass is 10.0. The number of benzene rings is 2. The van der Waals surface area contributed by atoms with Crippen LogP contribution < -0.4 is 16.0 Å². The fourth-order valence-electron chi connectivity index (χ4n) is 3.77. The number of nitrogens with zero attached hydrogens (tertiary/aromatic N) is 2. The van der Waals surface area contributed by atoms with Crippen LogP contribution in [0, 0.1) is 0 Å². The van der Waals surface area contributed by atoms with Gasteiger partial charge in [-0.25, -0.2) is 4.98 Å². The normalized spacial score (nSPS) is 14.3. The fraction of sp³-hybridized carbons (Fsp3) is 0.174. The van der Waals surface area contributed by atoms with Crippen LogP contribution in [0.5, 0.6) is 0 Å². The van der Waals surface area contributed by atoms with Crippen molar-refractivity contribution >= 4 is 33.9 Å². The van der Waals surface area contributed by atoms with Crippen LogP contribution in [-0.4, -0.2) is 36.3 Å². The molecule has 0 atom stereocenters. The van der Waals surface area contributed by atoms with E-state index in [4.69, 9.17) is 10.5 Å². The van der Waals surface area contributed by atoms with Crippen molar-refractivity contribution in [3.63, 3.8) is 0 Å². The van der Waals surface area contributed by atoms with Gasteiger partial charge in [0.05, 0.1) is 30.6 Å². The van der Waals surface area contributed by atoms with Gasteiger partial charge in [0.1, 0.15) is 11.6 Å². The molecule has 4 aromatic rings. The van der Waals surface area contributed by atoms with Crippen LogP contribution in [-0.2, 0) is 4.74 Å². The van der Waals surface area contributed by atoms with E-state index in [0.29, 0.717) is 0 Å². The second kappa shape index (κ2) is 7.48. The third kappa shape index (κ3) is 3.62. The van der Waals surface area contributed by atoms with Gasteiger partial charge in [0.2, 0.25) is 0 Å². The maximum absolute atomic E-state index is 5.97. The van der Waals surface area contributed by atoms with Crippen molar-refractivity contribution in [2.45, 2.75) is 0 Å². The molecule has 0 saturated carbocycles. The molecule has 5 rings (SSSR count). The Bertz CT molecular complexity index is 1130. The molecule has 3 heterocycles. The molecule has 29 heavy (non-hydrogen) atoms. The second-order valence-corrected chi connectivity index (χ2v) is 7.21. The number of nitrogens with two attached hydrogens (primary N) is 1. The van der Waals surface area contributed by atoms with Crippen LogP contribution in [0.2, 0.25) is 0 Å². The number of pyridine rings is 1. The first-order valence-electron chi connectivity index (χ1n) is 9.80. The molecule has 4 N–H and O–H groups in total. The maximum Gasteiger partial charge on any atom is 0.128 e. The molecular formula is C23H23N5O. The van der Waals surface area contributed by atoms with Gasteiger partial charge in [-0.05, 0) is 35.9 Å². The minimum atomic E-state index is 0.756. The zero-order valence-electron chi connectivity index (χ0n) is 16.1. The lowest BCUT2D eigenvalue weighted by Crippen LogP contribution is -2.36. The van der Waals surface area contributed by atoms with Crippen LogP contribution in [0.3, 0.4) is 0 Å². The topological polar surface area (TPSA) is 79.2 Å². The van der Waals surface area contributed by atoms with Gasteiger partial charge in [0, 0.05) is 29.7 Å². The Kier molecular flexibility index (Phi) is 4.54. The number of aromatic nitrogens is 2. The van der Waals surface area contributed by atoms with Crippen LogP contribution in [0.1, 0.15) is 0 Å². The van der Waals surface area contributed by atoms with E-state index >= 15 is 0 Å². The summed E-state index contributed by atoms with van der Waals surface area (Å²) in [6, 6.07) is 20.5. The molecule has 0 amide bonds. The summed E-state index contributed by atoms with van der Waals surface area (Å²) >= 11 is 0.